The number of Topliss-reactive ketones (excluding diaryl/α,β-unsaturated/α-hetero) is 1. The van der Waals surface area contributed by atoms with E-state index in [0.29, 0.717) is 29.4 Å². The molecule has 0 spiro atoms. The molecular formula is C28H26FNO6. The second kappa shape index (κ2) is 10.5. The van der Waals surface area contributed by atoms with Crippen LogP contribution in [0.2, 0.25) is 0 Å². The summed E-state index contributed by atoms with van der Waals surface area (Å²) >= 11 is 0. The summed E-state index contributed by atoms with van der Waals surface area (Å²) in [5, 5.41) is 11.3. The zero-order chi connectivity index (χ0) is 25.8. The normalized spacial score (nSPS) is 16.8. The summed E-state index contributed by atoms with van der Waals surface area (Å²) < 4.78 is 30.2. The molecule has 1 heterocycles. The number of carbonyl (C=O) groups is 2. The van der Waals surface area contributed by atoms with Crippen LogP contribution in [0.1, 0.15) is 30.5 Å². The Morgan fingerprint density at radius 2 is 1.61 bits per heavy atom. The summed E-state index contributed by atoms with van der Waals surface area (Å²) in [6.07, 6.45) is 0.842. The first kappa shape index (κ1) is 24.8. The highest BCUT2D eigenvalue weighted by Gasteiger charge is 2.47. The van der Waals surface area contributed by atoms with Gasteiger partial charge in [-0.25, -0.2) is 4.39 Å². The summed E-state index contributed by atoms with van der Waals surface area (Å²) in [7, 11) is 2.89. The van der Waals surface area contributed by atoms with Crippen LogP contribution in [-0.4, -0.2) is 37.6 Å². The second-order valence-electron chi connectivity index (χ2n) is 8.13. The average molecular weight is 492 g/mol. The Labute approximate surface area is 208 Å². The molecule has 1 atom stereocenters. The van der Waals surface area contributed by atoms with Crippen LogP contribution in [-0.2, 0) is 9.59 Å². The van der Waals surface area contributed by atoms with Crippen molar-refractivity contribution < 1.29 is 33.3 Å². The molecule has 8 heteroatoms. The molecule has 0 saturated carbocycles. The largest absolute Gasteiger partial charge is 0.507 e. The Bertz CT molecular complexity index is 1300. The summed E-state index contributed by atoms with van der Waals surface area (Å²) in [4.78, 5) is 27.9. The maximum Gasteiger partial charge on any atom is 0.300 e. The smallest absolute Gasteiger partial charge is 0.300 e. The molecule has 1 saturated heterocycles. The third-order valence-electron chi connectivity index (χ3n) is 5.88. The number of nitrogens with zero attached hydrogens (tertiary/aromatic N) is 1. The van der Waals surface area contributed by atoms with Crippen LogP contribution in [0, 0.1) is 5.82 Å². The van der Waals surface area contributed by atoms with Crippen molar-refractivity contribution >= 4 is 23.1 Å². The summed E-state index contributed by atoms with van der Waals surface area (Å²) in [6.45, 7) is 2.54. The Morgan fingerprint density at radius 1 is 0.944 bits per heavy atom. The Hall–Kier alpha value is -4.33. The van der Waals surface area contributed by atoms with E-state index in [9.17, 15) is 19.1 Å². The molecule has 1 amide bonds. The van der Waals surface area contributed by atoms with Gasteiger partial charge in [0.1, 0.15) is 28.8 Å². The molecule has 1 unspecified atom stereocenters. The molecule has 1 N–H and O–H groups in total. The lowest BCUT2D eigenvalue weighted by Gasteiger charge is -2.26. The van der Waals surface area contributed by atoms with Crippen molar-refractivity contribution in [1.29, 1.82) is 0 Å². The van der Waals surface area contributed by atoms with Crippen LogP contribution in [0.25, 0.3) is 5.76 Å². The molecule has 0 aromatic heterocycles. The molecule has 1 aliphatic heterocycles. The van der Waals surface area contributed by atoms with Crippen LogP contribution >= 0.6 is 0 Å². The topological polar surface area (TPSA) is 85.3 Å². The highest BCUT2D eigenvalue weighted by atomic mass is 19.1. The first-order chi connectivity index (χ1) is 17.4. The number of anilines is 1. The van der Waals surface area contributed by atoms with E-state index in [1.54, 1.807) is 48.5 Å². The van der Waals surface area contributed by atoms with E-state index in [-0.39, 0.29) is 16.9 Å². The van der Waals surface area contributed by atoms with Crippen LogP contribution in [0.4, 0.5) is 10.1 Å². The highest BCUT2D eigenvalue weighted by molar-refractivity contribution is 6.51. The van der Waals surface area contributed by atoms with Gasteiger partial charge in [-0.3, -0.25) is 14.5 Å². The summed E-state index contributed by atoms with van der Waals surface area (Å²) in [5.74, 6) is -1.51. The van der Waals surface area contributed by atoms with Crippen LogP contribution in [0.5, 0.6) is 17.2 Å². The predicted octanol–water partition coefficient (Wildman–Crippen LogP) is 5.26. The van der Waals surface area contributed by atoms with Crippen molar-refractivity contribution in [3.63, 3.8) is 0 Å². The SMILES string of the molecule is CCCOc1ccc(C2/C(=C(\O)c3cc(F)ccc3OC)C(=O)C(=O)N2c2ccc(OC)cc2)cc1. The molecular weight excluding hydrogens is 465 g/mol. The average Bonchev–Trinajstić information content (AvgIpc) is 3.17. The van der Waals surface area contributed by atoms with Gasteiger partial charge in [0.15, 0.2) is 0 Å². The van der Waals surface area contributed by atoms with Crippen molar-refractivity contribution in [3.8, 4) is 17.2 Å². The zero-order valence-electron chi connectivity index (χ0n) is 20.2. The lowest BCUT2D eigenvalue weighted by Crippen LogP contribution is -2.29. The van der Waals surface area contributed by atoms with Gasteiger partial charge in [0.05, 0.1) is 38.0 Å². The fourth-order valence-corrected chi connectivity index (χ4v) is 4.13. The highest BCUT2D eigenvalue weighted by Crippen LogP contribution is 2.43. The van der Waals surface area contributed by atoms with Gasteiger partial charge in [-0.1, -0.05) is 19.1 Å². The van der Waals surface area contributed by atoms with Gasteiger partial charge in [0, 0.05) is 5.69 Å². The Balaban J connectivity index is 1.90. The molecule has 0 aliphatic carbocycles. The van der Waals surface area contributed by atoms with Gasteiger partial charge >= 0.3 is 0 Å². The van der Waals surface area contributed by atoms with Crippen molar-refractivity contribution in [2.45, 2.75) is 19.4 Å². The van der Waals surface area contributed by atoms with Crippen molar-refractivity contribution in [2.24, 2.45) is 0 Å². The maximum atomic E-state index is 14.1. The first-order valence-electron chi connectivity index (χ1n) is 11.4. The fourth-order valence-electron chi connectivity index (χ4n) is 4.13. The van der Waals surface area contributed by atoms with E-state index in [2.05, 4.69) is 0 Å². The van der Waals surface area contributed by atoms with E-state index in [1.165, 1.54) is 31.3 Å². The third kappa shape index (κ3) is 4.62. The summed E-state index contributed by atoms with van der Waals surface area (Å²) in [6, 6.07) is 16.2. The minimum absolute atomic E-state index is 0.0295. The van der Waals surface area contributed by atoms with Crippen molar-refractivity contribution in [2.75, 3.05) is 25.7 Å². The molecule has 186 valence electrons. The molecule has 3 aromatic carbocycles. The number of benzene rings is 3. The second-order valence-corrected chi connectivity index (χ2v) is 8.13. The molecule has 4 rings (SSSR count). The standard InChI is InChI=1S/C28H26FNO6/c1-4-15-36-21-10-5-17(6-11-21)25-24(26(31)22-16-18(29)7-14-23(22)35-3)27(32)28(33)30(25)19-8-12-20(34-2)13-9-19/h5-14,16,25,31H,4,15H2,1-3H3/b26-24+. The predicted molar refractivity (Wildman–Crippen MR) is 133 cm³/mol. The molecule has 0 bridgehead atoms. The minimum atomic E-state index is -0.980. The number of halogens is 1. The molecule has 7 nitrogen and oxygen atoms in total. The number of ketones is 1. The van der Waals surface area contributed by atoms with Gasteiger partial charge in [-0.2, -0.15) is 0 Å². The number of amides is 1. The van der Waals surface area contributed by atoms with Gasteiger partial charge in [-0.15, -0.1) is 0 Å². The van der Waals surface area contributed by atoms with Gasteiger partial charge < -0.3 is 19.3 Å². The number of hydrogen-bond donors (Lipinski definition) is 1. The number of aliphatic hydroxyl groups is 1. The maximum absolute atomic E-state index is 14.1. The van der Waals surface area contributed by atoms with E-state index in [0.717, 1.165) is 12.5 Å². The molecule has 3 aromatic rings. The molecule has 36 heavy (non-hydrogen) atoms. The van der Waals surface area contributed by atoms with Crippen molar-refractivity contribution in [3.05, 3.63) is 89.2 Å². The number of hydrogen-bond acceptors (Lipinski definition) is 6. The minimum Gasteiger partial charge on any atom is -0.507 e. The van der Waals surface area contributed by atoms with Crippen molar-refractivity contribution in [1.82, 2.24) is 0 Å². The van der Waals surface area contributed by atoms with Crippen LogP contribution in [0.3, 0.4) is 0 Å². The van der Waals surface area contributed by atoms with E-state index in [4.69, 9.17) is 14.2 Å². The molecule has 1 aliphatic rings. The Kier molecular flexibility index (Phi) is 7.24. The van der Waals surface area contributed by atoms with E-state index >= 15 is 0 Å². The quantitative estimate of drug-likeness (QED) is 0.263. The number of ether oxygens (including phenoxy) is 3. The fraction of sp³-hybridized carbons (Fsp3) is 0.214. The molecule has 0 radical (unpaired) electrons. The third-order valence-corrected chi connectivity index (χ3v) is 5.88. The van der Waals surface area contributed by atoms with E-state index in [1.807, 2.05) is 6.92 Å². The summed E-state index contributed by atoms with van der Waals surface area (Å²) in [5.41, 5.74) is 0.783. The van der Waals surface area contributed by atoms with Gasteiger partial charge in [0.2, 0.25) is 0 Å². The van der Waals surface area contributed by atoms with E-state index < -0.39 is 29.3 Å². The molecule has 1 fully saturated rings. The monoisotopic (exact) mass is 491 g/mol. The van der Waals surface area contributed by atoms with Gasteiger partial charge in [0.25, 0.3) is 11.7 Å². The number of aliphatic hydroxyl groups excluding tert-OH is 1. The zero-order valence-corrected chi connectivity index (χ0v) is 20.2. The lowest BCUT2D eigenvalue weighted by atomic mass is 9.94. The Morgan fingerprint density at radius 3 is 2.22 bits per heavy atom. The van der Waals surface area contributed by atoms with Crippen LogP contribution < -0.4 is 19.1 Å². The number of carbonyl (C=O) groups excluding carboxylic acids is 2. The van der Waals surface area contributed by atoms with Gasteiger partial charge in [-0.05, 0) is 66.6 Å². The van der Waals surface area contributed by atoms with Crippen LogP contribution in [0.15, 0.2) is 72.3 Å². The first-order valence-corrected chi connectivity index (χ1v) is 11.4. The lowest BCUT2D eigenvalue weighted by molar-refractivity contribution is -0.132. The number of rotatable bonds is 8. The number of methoxy groups -OCH3 is 2.